The van der Waals surface area contributed by atoms with Crippen molar-refractivity contribution < 1.29 is 34.0 Å². The largest absolute Gasteiger partial charge is 0.497 e. The number of methoxy groups -OCH3 is 1. The summed E-state index contributed by atoms with van der Waals surface area (Å²) in [4.78, 5) is 36.3. The normalized spacial score (nSPS) is 30.6. The quantitative estimate of drug-likeness (QED) is 0.424. The number of aliphatic imine (C=N–C) groups is 1. The highest BCUT2D eigenvalue weighted by Gasteiger charge is 2.43. The molecule has 1 aromatic heterocycles. The minimum atomic E-state index is -1.29. The molecule has 1 aromatic carbocycles. The lowest BCUT2D eigenvalue weighted by atomic mass is 9.73. The summed E-state index contributed by atoms with van der Waals surface area (Å²) < 4.78 is 17.8. The molecule has 4 rings (SSSR count). The first kappa shape index (κ1) is 33.8. The van der Waals surface area contributed by atoms with Crippen LogP contribution in [-0.4, -0.2) is 70.4 Å². The first-order valence-electron chi connectivity index (χ1n) is 15.4. The molecule has 7 atom stereocenters. The summed E-state index contributed by atoms with van der Waals surface area (Å²) in [5, 5.41) is 25.0. The van der Waals surface area contributed by atoms with E-state index in [1.54, 1.807) is 27.9 Å². The number of ketones is 1. The number of cyclic esters (lactones) is 1. The van der Waals surface area contributed by atoms with Crippen LogP contribution < -0.4 is 4.74 Å². The van der Waals surface area contributed by atoms with Gasteiger partial charge in [0.25, 0.3) is 0 Å². The predicted molar refractivity (Wildman–Crippen MR) is 171 cm³/mol. The lowest BCUT2D eigenvalue weighted by Gasteiger charge is -2.34. The molecule has 0 bridgehead atoms. The molecule has 44 heavy (non-hydrogen) atoms. The van der Waals surface area contributed by atoms with Gasteiger partial charge in [-0.3, -0.25) is 9.59 Å². The maximum Gasteiger partial charge on any atom is 0.309 e. The van der Waals surface area contributed by atoms with Gasteiger partial charge in [-0.25, -0.2) is 9.98 Å². The fraction of sp³-hybridized carbons (Fsp3) is 0.588. The Morgan fingerprint density at radius 1 is 1.11 bits per heavy atom. The SMILES string of the molecule is COc1ccc(C2=NC3CCC[C@H](C)[C@H](O)[C@@H](C)C(=O)C(C)(C)[C@@H](O)CC(=O)O[C@H](/C(C)=C/c4csc(C)n4)C[C@@H]3O2)cc1. The standard InChI is InChI=1S/C34H46N2O7S/c1-19-9-8-10-26-28(43-33(36-26)23-11-13-25(41-7)14-12-23)16-27(20(2)15-24-18-44-22(4)35-24)42-30(38)17-29(37)34(5,6)32(40)21(3)31(19)39/h11-15,18-19,21,26-29,31,37,39H,8-10,16-17H2,1-7H3/b20-15+/t19-,21+,26?,27-,28-,29-,31-/m0/s1. The molecule has 0 spiro atoms. The highest BCUT2D eigenvalue weighted by Crippen LogP contribution is 2.34. The molecule has 0 radical (unpaired) electrons. The number of benzene rings is 1. The molecule has 9 nitrogen and oxygen atoms in total. The second kappa shape index (κ2) is 14.3. The summed E-state index contributed by atoms with van der Waals surface area (Å²) in [5.74, 6) is -0.510. The molecule has 1 fully saturated rings. The molecule has 1 saturated heterocycles. The zero-order valence-corrected chi connectivity index (χ0v) is 27.6. The van der Waals surface area contributed by atoms with Gasteiger partial charge in [0.1, 0.15) is 23.7 Å². The Kier molecular flexibility index (Phi) is 11.0. The molecule has 3 heterocycles. The van der Waals surface area contributed by atoms with Crippen LogP contribution in [0.5, 0.6) is 5.75 Å². The number of hydrogen-bond donors (Lipinski definition) is 2. The Hall–Kier alpha value is -3.08. The molecule has 0 amide bonds. The van der Waals surface area contributed by atoms with Crippen molar-refractivity contribution in [1.29, 1.82) is 0 Å². The fourth-order valence-corrected chi connectivity index (χ4v) is 6.54. The molecule has 2 aliphatic heterocycles. The van der Waals surface area contributed by atoms with Gasteiger partial charge in [0.15, 0.2) is 0 Å². The van der Waals surface area contributed by atoms with Gasteiger partial charge in [0.05, 0.1) is 47.9 Å². The Balaban J connectivity index is 1.67. The summed E-state index contributed by atoms with van der Waals surface area (Å²) in [6.45, 7) is 10.7. The minimum Gasteiger partial charge on any atom is -0.497 e. The lowest BCUT2D eigenvalue weighted by molar-refractivity contribution is -0.155. The maximum absolute atomic E-state index is 13.4. The van der Waals surface area contributed by atoms with Crippen LogP contribution >= 0.6 is 11.3 Å². The number of aliphatic hydroxyl groups is 2. The van der Waals surface area contributed by atoms with Gasteiger partial charge in [-0.15, -0.1) is 11.3 Å². The van der Waals surface area contributed by atoms with Crippen LogP contribution in [0.15, 0.2) is 40.2 Å². The van der Waals surface area contributed by atoms with Crippen molar-refractivity contribution in [3.8, 4) is 5.75 Å². The average molecular weight is 627 g/mol. The Bertz CT molecular complexity index is 1370. The Labute approximate surface area is 264 Å². The first-order valence-corrected chi connectivity index (χ1v) is 16.3. The number of esters is 1. The Morgan fingerprint density at radius 3 is 2.45 bits per heavy atom. The van der Waals surface area contributed by atoms with E-state index >= 15 is 0 Å². The number of rotatable bonds is 4. The molecule has 0 aliphatic carbocycles. The molecule has 2 N–H and O–H groups in total. The second-order valence-electron chi connectivity index (χ2n) is 12.8. The van der Waals surface area contributed by atoms with Crippen molar-refractivity contribution in [2.24, 2.45) is 22.2 Å². The van der Waals surface area contributed by atoms with E-state index in [4.69, 9.17) is 19.2 Å². The van der Waals surface area contributed by atoms with E-state index in [1.165, 1.54) is 11.3 Å². The number of aryl methyl sites for hydroxylation is 1. The number of nitrogens with zero attached hydrogens (tertiary/aromatic N) is 2. The summed E-state index contributed by atoms with van der Waals surface area (Å²) in [5.41, 5.74) is 1.14. The zero-order valence-electron chi connectivity index (χ0n) is 26.8. The second-order valence-corrected chi connectivity index (χ2v) is 13.8. The van der Waals surface area contributed by atoms with Crippen molar-refractivity contribution in [1.82, 2.24) is 4.98 Å². The summed E-state index contributed by atoms with van der Waals surface area (Å²) >= 11 is 1.54. The maximum atomic E-state index is 13.4. The number of carbonyl (C=O) groups is 2. The van der Waals surface area contributed by atoms with E-state index in [-0.39, 0.29) is 30.3 Å². The van der Waals surface area contributed by atoms with E-state index in [1.807, 2.05) is 56.5 Å². The summed E-state index contributed by atoms with van der Waals surface area (Å²) in [6, 6.07) is 7.32. The molecular weight excluding hydrogens is 580 g/mol. The predicted octanol–water partition coefficient (Wildman–Crippen LogP) is 5.54. The number of ether oxygens (including phenoxy) is 3. The number of thiazole rings is 1. The van der Waals surface area contributed by atoms with Crippen LogP contribution in [0.25, 0.3) is 6.08 Å². The van der Waals surface area contributed by atoms with Gasteiger partial charge < -0.3 is 24.4 Å². The third-order valence-corrected chi connectivity index (χ3v) is 9.84. The fourth-order valence-electron chi connectivity index (χ4n) is 5.97. The summed E-state index contributed by atoms with van der Waals surface area (Å²) in [7, 11) is 1.62. The van der Waals surface area contributed by atoms with E-state index in [9.17, 15) is 19.8 Å². The van der Waals surface area contributed by atoms with E-state index < -0.39 is 35.6 Å². The van der Waals surface area contributed by atoms with Gasteiger partial charge in [-0.05, 0) is 68.5 Å². The lowest BCUT2D eigenvalue weighted by Crippen LogP contribution is -2.46. The third-order valence-electron chi connectivity index (χ3n) is 9.05. The van der Waals surface area contributed by atoms with Crippen molar-refractivity contribution in [3.63, 3.8) is 0 Å². The van der Waals surface area contributed by atoms with Crippen LogP contribution in [0.3, 0.4) is 0 Å². The molecule has 240 valence electrons. The van der Waals surface area contributed by atoms with Crippen molar-refractivity contribution in [3.05, 3.63) is 51.5 Å². The highest BCUT2D eigenvalue weighted by atomic mass is 32.1. The van der Waals surface area contributed by atoms with Gasteiger partial charge in [-0.1, -0.05) is 34.1 Å². The molecule has 2 aromatic rings. The number of aliphatic hydroxyl groups excluding tert-OH is 2. The number of Topliss-reactive ketones (excluding diaryl/α,β-unsaturated/α-hetero) is 1. The smallest absolute Gasteiger partial charge is 0.309 e. The molecular formula is C34H46N2O7S. The zero-order chi connectivity index (χ0) is 32.2. The van der Waals surface area contributed by atoms with Crippen LogP contribution in [0.2, 0.25) is 0 Å². The number of fused-ring (bicyclic) bond motifs is 1. The number of carbonyl (C=O) groups excluding carboxylic acids is 2. The van der Waals surface area contributed by atoms with Crippen molar-refractivity contribution in [2.45, 2.75) is 104 Å². The van der Waals surface area contributed by atoms with Gasteiger partial charge in [0, 0.05) is 23.3 Å². The monoisotopic (exact) mass is 626 g/mol. The third kappa shape index (κ3) is 7.95. The van der Waals surface area contributed by atoms with E-state index in [0.29, 0.717) is 25.2 Å². The van der Waals surface area contributed by atoms with E-state index in [2.05, 4.69) is 4.98 Å². The van der Waals surface area contributed by atoms with Crippen molar-refractivity contribution >= 4 is 35.1 Å². The average Bonchev–Trinajstić information content (AvgIpc) is 3.59. The molecule has 0 saturated carbocycles. The molecule has 1 unspecified atom stereocenters. The highest BCUT2D eigenvalue weighted by molar-refractivity contribution is 7.09. The van der Waals surface area contributed by atoms with Crippen LogP contribution in [0, 0.1) is 24.2 Å². The van der Waals surface area contributed by atoms with Crippen LogP contribution in [0.4, 0.5) is 0 Å². The van der Waals surface area contributed by atoms with E-state index in [0.717, 1.165) is 34.0 Å². The topological polar surface area (TPSA) is 128 Å². The van der Waals surface area contributed by atoms with Crippen molar-refractivity contribution in [2.75, 3.05) is 7.11 Å². The van der Waals surface area contributed by atoms with Crippen LogP contribution in [0.1, 0.15) is 83.0 Å². The Morgan fingerprint density at radius 2 is 1.82 bits per heavy atom. The van der Waals surface area contributed by atoms with Crippen LogP contribution in [-0.2, 0) is 19.1 Å². The molecule has 10 heteroatoms. The number of aromatic nitrogens is 1. The van der Waals surface area contributed by atoms with Gasteiger partial charge >= 0.3 is 5.97 Å². The summed E-state index contributed by atoms with van der Waals surface area (Å²) in [6.07, 6.45) is 0.831. The van der Waals surface area contributed by atoms with Gasteiger partial charge in [-0.2, -0.15) is 0 Å². The molecule has 2 aliphatic rings. The minimum absolute atomic E-state index is 0.148. The number of hydrogen-bond acceptors (Lipinski definition) is 10. The van der Waals surface area contributed by atoms with Gasteiger partial charge in [0.2, 0.25) is 5.90 Å². The first-order chi connectivity index (χ1) is 20.8.